The van der Waals surface area contributed by atoms with Gasteiger partial charge in [-0.2, -0.15) is 0 Å². The van der Waals surface area contributed by atoms with Crippen molar-refractivity contribution >= 4 is 5.91 Å². The summed E-state index contributed by atoms with van der Waals surface area (Å²) in [5, 5.41) is 3.96. The van der Waals surface area contributed by atoms with E-state index in [2.05, 4.69) is 43.3 Å². The van der Waals surface area contributed by atoms with Crippen LogP contribution in [0.4, 0.5) is 0 Å². The quantitative estimate of drug-likeness (QED) is 0.858. The number of hydrogen-bond donors (Lipinski definition) is 0. The van der Waals surface area contributed by atoms with E-state index in [1.165, 1.54) is 11.1 Å². The lowest BCUT2D eigenvalue weighted by Gasteiger charge is -2.33. The number of benzene rings is 1. The zero-order chi connectivity index (χ0) is 16.2. The molecule has 2 aromatic rings. The molecule has 0 radical (unpaired) electrons. The number of aryl methyl sites for hydroxylation is 2. The van der Waals surface area contributed by atoms with E-state index in [1.54, 1.807) is 6.07 Å². The molecule has 0 N–H and O–H groups in total. The molecular weight excluding hydrogens is 288 g/mol. The maximum atomic E-state index is 12.7. The van der Waals surface area contributed by atoms with Crippen molar-refractivity contribution in [1.82, 2.24) is 10.1 Å². The van der Waals surface area contributed by atoms with Gasteiger partial charge in [0.15, 0.2) is 5.69 Å². The predicted molar refractivity (Wildman–Crippen MR) is 89.6 cm³/mol. The summed E-state index contributed by atoms with van der Waals surface area (Å²) in [5.41, 5.74) is 3.11. The molecule has 0 saturated carbocycles. The van der Waals surface area contributed by atoms with Crippen molar-refractivity contribution in [3.63, 3.8) is 0 Å². The van der Waals surface area contributed by atoms with Gasteiger partial charge in [-0.25, -0.2) is 0 Å². The van der Waals surface area contributed by atoms with Crippen molar-refractivity contribution in [2.24, 2.45) is 0 Å². The second-order valence-electron chi connectivity index (χ2n) is 6.38. The number of rotatable bonds is 4. The third-order valence-corrected chi connectivity index (χ3v) is 4.61. The largest absolute Gasteiger partial charge is 0.361 e. The second kappa shape index (κ2) is 6.99. The molecule has 1 fully saturated rings. The number of carbonyl (C=O) groups excluding carboxylic acids is 1. The van der Waals surface area contributed by atoms with Crippen molar-refractivity contribution in [2.45, 2.75) is 45.4 Å². The van der Waals surface area contributed by atoms with Crippen LogP contribution in [0.3, 0.4) is 0 Å². The molecule has 1 unspecified atom stereocenters. The highest BCUT2D eigenvalue weighted by Crippen LogP contribution is 2.29. The molecule has 3 rings (SSSR count). The first kappa shape index (κ1) is 15.8. The number of likely N-dealkylation sites (tertiary alicyclic amines) is 1. The molecule has 1 aliphatic heterocycles. The maximum Gasteiger partial charge on any atom is 0.276 e. The van der Waals surface area contributed by atoms with Crippen LogP contribution in [0.1, 0.15) is 59.5 Å². The highest BCUT2D eigenvalue weighted by atomic mass is 16.5. The smallest absolute Gasteiger partial charge is 0.276 e. The molecule has 1 aromatic carbocycles. The van der Waals surface area contributed by atoms with Gasteiger partial charge in [-0.05, 0) is 37.3 Å². The normalized spacial score (nSPS) is 18.2. The number of carbonyl (C=O) groups is 1. The highest BCUT2D eigenvalue weighted by molar-refractivity contribution is 5.92. The van der Waals surface area contributed by atoms with E-state index in [0.29, 0.717) is 11.6 Å². The van der Waals surface area contributed by atoms with Crippen molar-refractivity contribution in [2.75, 3.05) is 13.1 Å². The van der Waals surface area contributed by atoms with Gasteiger partial charge in [0.25, 0.3) is 5.91 Å². The Kier molecular flexibility index (Phi) is 4.79. The fourth-order valence-electron chi connectivity index (χ4n) is 3.40. The van der Waals surface area contributed by atoms with Gasteiger partial charge >= 0.3 is 0 Å². The summed E-state index contributed by atoms with van der Waals surface area (Å²) in [5.74, 6) is 1.20. The Hall–Kier alpha value is -2.10. The molecule has 0 bridgehead atoms. The summed E-state index contributed by atoms with van der Waals surface area (Å²) in [6.45, 7) is 5.79. The lowest BCUT2D eigenvalue weighted by atomic mass is 9.88. The Bertz CT molecular complexity index is 678. The van der Waals surface area contributed by atoms with E-state index in [-0.39, 0.29) is 5.91 Å². The Morgan fingerprint density at radius 3 is 3.00 bits per heavy atom. The monoisotopic (exact) mass is 312 g/mol. The Balaban J connectivity index is 1.72. The van der Waals surface area contributed by atoms with Crippen LogP contribution < -0.4 is 0 Å². The number of aromatic nitrogens is 1. The van der Waals surface area contributed by atoms with Gasteiger partial charge in [-0.15, -0.1) is 0 Å². The first-order valence-electron chi connectivity index (χ1n) is 8.49. The Morgan fingerprint density at radius 2 is 2.22 bits per heavy atom. The average molecular weight is 312 g/mol. The van der Waals surface area contributed by atoms with Gasteiger partial charge in [0.05, 0.1) is 0 Å². The van der Waals surface area contributed by atoms with E-state index >= 15 is 0 Å². The summed E-state index contributed by atoms with van der Waals surface area (Å²) in [7, 11) is 0. The molecule has 4 nitrogen and oxygen atoms in total. The molecule has 4 heteroatoms. The van der Waals surface area contributed by atoms with Gasteiger partial charge in [-0.3, -0.25) is 4.79 Å². The van der Waals surface area contributed by atoms with Crippen molar-refractivity contribution in [3.05, 3.63) is 52.9 Å². The minimum Gasteiger partial charge on any atom is -0.361 e. The van der Waals surface area contributed by atoms with Gasteiger partial charge in [0.1, 0.15) is 5.76 Å². The van der Waals surface area contributed by atoms with Crippen molar-refractivity contribution < 1.29 is 9.32 Å². The van der Waals surface area contributed by atoms with E-state index < -0.39 is 0 Å². The molecule has 1 saturated heterocycles. The van der Waals surface area contributed by atoms with Crippen LogP contribution in [0.15, 0.2) is 34.9 Å². The molecule has 0 spiro atoms. The topological polar surface area (TPSA) is 46.3 Å². The van der Waals surface area contributed by atoms with Crippen LogP contribution in [0.2, 0.25) is 0 Å². The Labute approximate surface area is 137 Å². The summed E-state index contributed by atoms with van der Waals surface area (Å²) in [6.07, 6.45) is 3.98. The number of hydrogen-bond acceptors (Lipinski definition) is 3. The molecule has 1 aliphatic rings. The van der Waals surface area contributed by atoms with Crippen LogP contribution in [0.5, 0.6) is 0 Å². The fourth-order valence-corrected chi connectivity index (χ4v) is 3.40. The summed E-state index contributed by atoms with van der Waals surface area (Å²) in [4.78, 5) is 14.6. The van der Waals surface area contributed by atoms with E-state index in [0.717, 1.165) is 44.5 Å². The van der Waals surface area contributed by atoms with Crippen LogP contribution in [0, 0.1) is 6.92 Å². The van der Waals surface area contributed by atoms with Gasteiger partial charge in [0.2, 0.25) is 0 Å². The van der Waals surface area contributed by atoms with E-state index in [1.807, 2.05) is 4.90 Å². The molecule has 0 aliphatic carbocycles. The first-order chi connectivity index (χ1) is 11.2. The van der Waals surface area contributed by atoms with E-state index in [9.17, 15) is 4.79 Å². The predicted octanol–water partition coefficient (Wildman–Crippen LogP) is 3.96. The molecule has 1 aromatic heterocycles. The zero-order valence-electron chi connectivity index (χ0n) is 13.9. The average Bonchev–Trinajstić information content (AvgIpc) is 3.04. The molecular formula is C19H24N2O2. The summed E-state index contributed by atoms with van der Waals surface area (Å²) < 4.78 is 5.25. The zero-order valence-corrected chi connectivity index (χ0v) is 13.9. The summed E-state index contributed by atoms with van der Waals surface area (Å²) in [6, 6.07) is 10.3. The van der Waals surface area contributed by atoms with Gasteiger partial charge in [-0.1, -0.05) is 36.3 Å². The van der Waals surface area contributed by atoms with Gasteiger partial charge in [0, 0.05) is 31.5 Å². The minimum atomic E-state index is -0.00520. The standard InChI is InChI=1S/C19H24N2O2/c1-3-7-16-12-18(20-23-16)19(22)21-11-6-9-15(13-21)17-10-5-4-8-14(17)2/h4-5,8,10,12,15H,3,6-7,9,11,13H2,1-2H3. The third-order valence-electron chi connectivity index (χ3n) is 4.61. The van der Waals surface area contributed by atoms with Crippen LogP contribution >= 0.6 is 0 Å². The fraction of sp³-hybridized carbons (Fsp3) is 0.474. The molecule has 1 atom stereocenters. The molecule has 2 heterocycles. The second-order valence-corrected chi connectivity index (χ2v) is 6.38. The summed E-state index contributed by atoms with van der Waals surface area (Å²) >= 11 is 0. The lowest BCUT2D eigenvalue weighted by molar-refractivity contribution is 0.0696. The lowest BCUT2D eigenvalue weighted by Crippen LogP contribution is -2.39. The Morgan fingerprint density at radius 1 is 1.39 bits per heavy atom. The van der Waals surface area contributed by atoms with Crippen LogP contribution in [-0.2, 0) is 6.42 Å². The number of piperidine rings is 1. The number of nitrogens with zero attached hydrogens (tertiary/aromatic N) is 2. The van der Waals surface area contributed by atoms with Crippen molar-refractivity contribution in [3.8, 4) is 0 Å². The van der Waals surface area contributed by atoms with E-state index in [4.69, 9.17) is 4.52 Å². The SMILES string of the molecule is CCCc1cc(C(=O)N2CCCC(c3ccccc3C)C2)no1. The van der Waals surface area contributed by atoms with Crippen LogP contribution in [0.25, 0.3) is 0 Å². The van der Waals surface area contributed by atoms with Gasteiger partial charge < -0.3 is 9.42 Å². The molecule has 1 amide bonds. The van der Waals surface area contributed by atoms with Crippen molar-refractivity contribution in [1.29, 1.82) is 0 Å². The minimum absolute atomic E-state index is 0.00520. The first-order valence-corrected chi connectivity index (χ1v) is 8.49. The molecule has 122 valence electrons. The maximum absolute atomic E-state index is 12.7. The third kappa shape index (κ3) is 3.46. The number of amides is 1. The highest BCUT2D eigenvalue weighted by Gasteiger charge is 2.27. The van der Waals surface area contributed by atoms with Crippen LogP contribution in [-0.4, -0.2) is 29.1 Å². The molecule has 23 heavy (non-hydrogen) atoms.